The first-order chi connectivity index (χ1) is 10.1. The number of carbonyl (C=O) groups is 1. The minimum absolute atomic E-state index is 0.0232. The normalized spacial score (nSPS) is 22.4. The van der Waals surface area contributed by atoms with Crippen molar-refractivity contribution in [2.45, 2.75) is 58.4 Å². The van der Waals surface area contributed by atoms with E-state index in [4.69, 9.17) is 0 Å². The van der Waals surface area contributed by atoms with E-state index in [1.807, 2.05) is 18.2 Å². The third kappa shape index (κ3) is 4.23. The van der Waals surface area contributed by atoms with Crippen LogP contribution in [0, 0.1) is 12.8 Å². The summed E-state index contributed by atoms with van der Waals surface area (Å²) in [7, 11) is 1.67. The molecule has 1 aliphatic carbocycles. The fourth-order valence-corrected chi connectivity index (χ4v) is 3.26. The number of rotatable bonds is 4. The van der Waals surface area contributed by atoms with E-state index in [0.717, 1.165) is 17.0 Å². The summed E-state index contributed by atoms with van der Waals surface area (Å²) in [4.78, 5) is 11.7. The van der Waals surface area contributed by atoms with Gasteiger partial charge in [0, 0.05) is 24.3 Å². The molecule has 0 bridgehead atoms. The van der Waals surface area contributed by atoms with E-state index in [-0.39, 0.29) is 5.91 Å². The summed E-state index contributed by atoms with van der Waals surface area (Å²) in [6.07, 6.45) is 7.87. The molecular formula is C18H28N2O. The monoisotopic (exact) mass is 288 g/mol. The van der Waals surface area contributed by atoms with Gasteiger partial charge in [-0.15, -0.1) is 0 Å². The quantitative estimate of drug-likeness (QED) is 0.818. The standard InChI is InChI=1S/C18H28N2O/c1-4-14-6-5-7-16(10-8-14)20-17-11-9-15(12-13(17)2)18(21)19-3/h9,11-12,14,16,20H,4-8,10H2,1-3H3,(H,19,21). The molecule has 0 heterocycles. The molecule has 1 aromatic carbocycles. The fraction of sp³-hybridized carbons (Fsp3) is 0.611. The zero-order valence-electron chi connectivity index (χ0n) is 13.5. The highest BCUT2D eigenvalue weighted by Crippen LogP contribution is 2.28. The number of nitrogens with one attached hydrogen (secondary N) is 2. The first kappa shape index (κ1) is 15.9. The second kappa shape index (κ2) is 7.48. The van der Waals surface area contributed by atoms with Gasteiger partial charge in [0.1, 0.15) is 0 Å². The molecule has 2 rings (SSSR count). The number of benzene rings is 1. The van der Waals surface area contributed by atoms with Gasteiger partial charge in [0.25, 0.3) is 5.91 Å². The molecule has 116 valence electrons. The Labute approximate surface area is 128 Å². The van der Waals surface area contributed by atoms with Crippen LogP contribution in [0.2, 0.25) is 0 Å². The van der Waals surface area contributed by atoms with Crippen molar-refractivity contribution in [2.75, 3.05) is 12.4 Å². The third-order valence-electron chi connectivity index (χ3n) is 4.74. The Kier molecular flexibility index (Phi) is 5.66. The Bertz CT molecular complexity index is 484. The van der Waals surface area contributed by atoms with Crippen LogP contribution in [-0.2, 0) is 0 Å². The molecule has 0 radical (unpaired) electrons. The van der Waals surface area contributed by atoms with Gasteiger partial charge in [0.2, 0.25) is 0 Å². The summed E-state index contributed by atoms with van der Waals surface area (Å²) >= 11 is 0. The van der Waals surface area contributed by atoms with E-state index in [1.165, 1.54) is 44.2 Å². The lowest BCUT2D eigenvalue weighted by Gasteiger charge is -2.20. The topological polar surface area (TPSA) is 41.1 Å². The zero-order chi connectivity index (χ0) is 15.2. The third-order valence-corrected chi connectivity index (χ3v) is 4.74. The lowest BCUT2D eigenvalue weighted by atomic mass is 9.97. The van der Waals surface area contributed by atoms with Gasteiger partial charge >= 0.3 is 0 Å². The van der Waals surface area contributed by atoms with Crippen molar-refractivity contribution in [2.24, 2.45) is 5.92 Å². The van der Waals surface area contributed by atoms with Gasteiger partial charge in [-0.05, 0) is 55.9 Å². The molecule has 1 aliphatic rings. The van der Waals surface area contributed by atoms with Crippen LogP contribution in [-0.4, -0.2) is 19.0 Å². The van der Waals surface area contributed by atoms with Crippen molar-refractivity contribution in [1.82, 2.24) is 5.32 Å². The van der Waals surface area contributed by atoms with Crippen LogP contribution in [0.4, 0.5) is 5.69 Å². The summed E-state index contributed by atoms with van der Waals surface area (Å²) < 4.78 is 0. The Balaban J connectivity index is 2.01. The van der Waals surface area contributed by atoms with Crippen molar-refractivity contribution in [1.29, 1.82) is 0 Å². The van der Waals surface area contributed by atoms with Gasteiger partial charge in [-0.1, -0.05) is 26.2 Å². The number of carbonyl (C=O) groups excluding carboxylic acids is 1. The van der Waals surface area contributed by atoms with E-state index in [0.29, 0.717) is 6.04 Å². The molecule has 3 heteroatoms. The predicted octanol–water partition coefficient (Wildman–Crippen LogP) is 4.13. The lowest BCUT2D eigenvalue weighted by Crippen LogP contribution is -2.20. The average molecular weight is 288 g/mol. The molecule has 2 unspecified atom stereocenters. The highest BCUT2D eigenvalue weighted by molar-refractivity contribution is 5.94. The Hall–Kier alpha value is -1.51. The molecule has 2 N–H and O–H groups in total. The van der Waals surface area contributed by atoms with E-state index in [9.17, 15) is 4.79 Å². The van der Waals surface area contributed by atoms with Crippen molar-refractivity contribution in [3.05, 3.63) is 29.3 Å². The van der Waals surface area contributed by atoms with Gasteiger partial charge in [-0.2, -0.15) is 0 Å². The van der Waals surface area contributed by atoms with Gasteiger partial charge < -0.3 is 10.6 Å². The average Bonchev–Trinajstić information content (AvgIpc) is 2.73. The number of aryl methyl sites for hydroxylation is 1. The number of anilines is 1. The van der Waals surface area contributed by atoms with Crippen LogP contribution in [0.15, 0.2) is 18.2 Å². The minimum atomic E-state index is -0.0232. The predicted molar refractivity (Wildman–Crippen MR) is 88.8 cm³/mol. The first-order valence-corrected chi connectivity index (χ1v) is 8.23. The van der Waals surface area contributed by atoms with Crippen molar-refractivity contribution in [3.8, 4) is 0 Å². The second-order valence-electron chi connectivity index (χ2n) is 6.23. The highest BCUT2D eigenvalue weighted by Gasteiger charge is 2.18. The molecule has 1 saturated carbocycles. The first-order valence-electron chi connectivity index (χ1n) is 8.23. The molecule has 0 saturated heterocycles. The Morgan fingerprint density at radius 1 is 1.24 bits per heavy atom. The maximum absolute atomic E-state index is 11.7. The molecule has 1 fully saturated rings. The van der Waals surface area contributed by atoms with E-state index < -0.39 is 0 Å². The molecule has 0 aromatic heterocycles. The molecule has 1 aromatic rings. The Morgan fingerprint density at radius 2 is 2.05 bits per heavy atom. The number of hydrogen-bond donors (Lipinski definition) is 2. The van der Waals surface area contributed by atoms with E-state index in [1.54, 1.807) is 7.05 Å². The molecule has 21 heavy (non-hydrogen) atoms. The van der Waals surface area contributed by atoms with Crippen molar-refractivity contribution < 1.29 is 4.79 Å². The van der Waals surface area contributed by atoms with Crippen LogP contribution in [0.25, 0.3) is 0 Å². The summed E-state index contributed by atoms with van der Waals surface area (Å²) in [5.41, 5.74) is 3.04. The van der Waals surface area contributed by atoms with Crippen LogP contribution in [0.1, 0.15) is 61.4 Å². The zero-order valence-corrected chi connectivity index (χ0v) is 13.5. The highest BCUT2D eigenvalue weighted by atomic mass is 16.1. The van der Waals surface area contributed by atoms with Crippen LogP contribution < -0.4 is 10.6 Å². The minimum Gasteiger partial charge on any atom is -0.382 e. The summed E-state index contributed by atoms with van der Waals surface area (Å²) in [5.74, 6) is 0.887. The Morgan fingerprint density at radius 3 is 2.71 bits per heavy atom. The molecule has 0 aliphatic heterocycles. The molecule has 2 atom stereocenters. The van der Waals surface area contributed by atoms with Crippen LogP contribution in [0.3, 0.4) is 0 Å². The number of amides is 1. The molecular weight excluding hydrogens is 260 g/mol. The van der Waals surface area contributed by atoms with Gasteiger partial charge in [0.15, 0.2) is 0 Å². The molecule has 1 amide bonds. The maximum Gasteiger partial charge on any atom is 0.251 e. The number of hydrogen-bond acceptors (Lipinski definition) is 2. The second-order valence-corrected chi connectivity index (χ2v) is 6.23. The summed E-state index contributed by atoms with van der Waals surface area (Å²) in [6, 6.07) is 6.49. The maximum atomic E-state index is 11.7. The van der Waals surface area contributed by atoms with Crippen LogP contribution in [0.5, 0.6) is 0 Å². The van der Waals surface area contributed by atoms with Crippen molar-refractivity contribution >= 4 is 11.6 Å². The summed E-state index contributed by atoms with van der Waals surface area (Å²) in [6.45, 7) is 4.38. The van der Waals surface area contributed by atoms with Crippen molar-refractivity contribution in [3.63, 3.8) is 0 Å². The smallest absolute Gasteiger partial charge is 0.251 e. The van der Waals surface area contributed by atoms with Gasteiger partial charge in [-0.3, -0.25) is 4.79 Å². The largest absolute Gasteiger partial charge is 0.382 e. The van der Waals surface area contributed by atoms with E-state index in [2.05, 4.69) is 24.5 Å². The molecule has 3 nitrogen and oxygen atoms in total. The SMILES string of the molecule is CCC1CCCC(Nc2ccc(C(=O)NC)cc2C)CC1. The van der Waals surface area contributed by atoms with Gasteiger partial charge in [-0.25, -0.2) is 0 Å². The summed E-state index contributed by atoms with van der Waals surface area (Å²) in [5, 5.41) is 6.36. The molecule has 0 spiro atoms. The fourth-order valence-electron chi connectivity index (χ4n) is 3.26. The lowest BCUT2D eigenvalue weighted by molar-refractivity contribution is 0.0963. The van der Waals surface area contributed by atoms with E-state index >= 15 is 0 Å². The van der Waals surface area contributed by atoms with Crippen LogP contribution >= 0.6 is 0 Å². The van der Waals surface area contributed by atoms with Gasteiger partial charge in [0.05, 0.1) is 0 Å².